The van der Waals surface area contributed by atoms with Crippen LogP contribution < -0.4 is 0 Å². The highest BCUT2D eigenvalue weighted by molar-refractivity contribution is 5.64. The molecule has 116 valence electrons. The van der Waals surface area contributed by atoms with E-state index in [-0.39, 0.29) is 0 Å². The SMILES string of the molecule is Cc1ccc(-c2cccc(CCCN3CCOCC3)c2)cc1. The van der Waals surface area contributed by atoms with Gasteiger partial charge in [-0.25, -0.2) is 0 Å². The zero-order valence-electron chi connectivity index (χ0n) is 13.4. The topological polar surface area (TPSA) is 12.5 Å². The minimum absolute atomic E-state index is 0.892. The molecule has 1 fully saturated rings. The first-order chi connectivity index (χ1) is 10.8. The average molecular weight is 295 g/mol. The number of ether oxygens (including phenoxy) is 1. The predicted octanol–water partition coefficient (Wildman–Crippen LogP) is 3.93. The van der Waals surface area contributed by atoms with Crippen LogP contribution in [0, 0.1) is 6.92 Å². The monoisotopic (exact) mass is 295 g/mol. The maximum absolute atomic E-state index is 5.40. The lowest BCUT2D eigenvalue weighted by Gasteiger charge is -2.26. The number of benzene rings is 2. The lowest BCUT2D eigenvalue weighted by molar-refractivity contribution is 0.0375. The Bertz CT molecular complexity index is 585. The Morgan fingerprint density at radius 2 is 1.73 bits per heavy atom. The van der Waals surface area contributed by atoms with Crippen molar-refractivity contribution in [1.82, 2.24) is 4.90 Å². The van der Waals surface area contributed by atoms with Gasteiger partial charge in [-0.15, -0.1) is 0 Å². The molecule has 22 heavy (non-hydrogen) atoms. The Hall–Kier alpha value is -1.64. The summed E-state index contributed by atoms with van der Waals surface area (Å²) < 4.78 is 5.40. The van der Waals surface area contributed by atoms with Crippen LogP contribution in [0.15, 0.2) is 48.5 Å². The quantitative estimate of drug-likeness (QED) is 0.829. The number of nitrogens with zero attached hydrogens (tertiary/aromatic N) is 1. The van der Waals surface area contributed by atoms with Gasteiger partial charge in [-0.05, 0) is 43.0 Å². The normalized spacial score (nSPS) is 15.9. The van der Waals surface area contributed by atoms with Crippen LogP contribution in [0.3, 0.4) is 0 Å². The molecule has 1 heterocycles. The van der Waals surface area contributed by atoms with E-state index in [2.05, 4.69) is 60.4 Å². The van der Waals surface area contributed by atoms with Crippen molar-refractivity contribution in [2.45, 2.75) is 19.8 Å². The molecule has 0 N–H and O–H groups in total. The second-order valence-corrected chi connectivity index (χ2v) is 6.12. The highest BCUT2D eigenvalue weighted by Gasteiger charge is 2.09. The lowest BCUT2D eigenvalue weighted by atomic mass is 10.00. The van der Waals surface area contributed by atoms with E-state index in [1.165, 1.54) is 35.2 Å². The number of rotatable bonds is 5. The second-order valence-electron chi connectivity index (χ2n) is 6.12. The second kappa shape index (κ2) is 7.57. The molecule has 2 nitrogen and oxygen atoms in total. The fourth-order valence-electron chi connectivity index (χ4n) is 2.98. The molecule has 1 saturated heterocycles. The summed E-state index contributed by atoms with van der Waals surface area (Å²) in [5, 5.41) is 0. The van der Waals surface area contributed by atoms with Crippen molar-refractivity contribution in [1.29, 1.82) is 0 Å². The molecule has 0 aliphatic carbocycles. The smallest absolute Gasteiger partial charge is 0.0594 e. The van der Waals surface area contributed by atoms with Gasteiger partial charge in [0.05, 0.1) is 13.2 Å². The van der Waals surface area contributed by atoms with Gasteiger partial charge >= 0.3 is 0 Å². The van der Waals surface area contributed by atoms with Crippen molar-refractivity contribution < 1.29 is 4.74 Å². The Morgan fingerprint density at radius 3 is 2.50 bits per heavy atom. The van der Waals surface area contributed by atoms with Crippen LogP contribution in [0.25, 0.3) is 11.1 Å². The van der Waals surface area contributed by atoms with Crippen molar-refractivity contribution in [3.8, 4) is 11.1 Å². The minimum atomic E-state index is 0.892. The van der Waals surface area contributed by atoms with Gasteiger partial charge in [0.25, 0.3) is 0 Å². The van der Waals surface area contributed by atoms with Gasteiger partial charge in [0, 0.05) is 13.1 Å². The molecule has 3 rings (SSSR count). The number of hydrogen-bond acceptors (Lipinski definition) is 2. The van der Waals surface area contributed by atoms with Crippen LogP contribution >= 0.6 is 0 Å². The molecular weight excluding hydrogens is 270 g/mol. The van der Waals surface area contributed by atoms with Crippen LogP contribution in [-0.4, -0.2) is 37.7 Å². The van der Waals surface area contributed by atoms with Gasteiger partial charge in [-0.3, -0.25) is 4.90 Å². The molecule has 0 bridgehead atoms. The number of hydrogen-bond donors (Lipinski definition) is 0. The lowest BCUT2D eigenvalue weighted by Crippen LogP contribution is -2.36. The summed E-state index contributed by atoms with van der Waals surface area (Å²) in [5.74, 6) is 0. The van der Waals surface area contributed by atoms with Crippen molar-refractivity contribution in [3.05, 3.63) is 59.7 Å². The van der Waals surface area contributed by atoms with Crippen LogP contribution in [0.1, 0.15) is 17.5 Å². The fraction of sp³-hybridized carbons (Fsp3) is 0.400. The third kappa shape index (κ3) is 4.19. The molecule has 0 atom stereocenters. The summed E-state index contributed by atoms with van der Waals surface area (Å²) in [7, 11) is 0. The van der Waals surface area contributed by atoms with Crippen LogP contribution in [0.4, 0.5) is 0 Å². The molecule has 0 spiro atoms. The predicted molar refractivity (Wildman–Crippen MR) is 92.2 cm³/mol. The van der Waals surface area contributed by atoms with E-state index in [0.29, 0.717) is 0 Å². The van der Waals surface area contributed by atoms with Gasteiger partial charge in [0.2, 0.25) is 0 Å². The minimum Gasteiger partial charge on any atom is -0.379 e. The maximum atomic E-state index is 5.40. The molecule has 1 aliphatic rings. The molecule has 0 amide bonds. The summed E-state index contributed by atoms with van der Waals surface area (Å²) in [6, 6.07) is 17.8. The molecule has 0 saturated carbocycles. The molecule has 0 radical (unpaired) electrons. The Balaban J connectivity index is 1.57. The van der Waals surface area contributed by atoms with Gasteiger partial charge < -0.3 is 4.74 Å². The molecule has 2 aromatic carbocycles. The zero-order valence-corrected chi connectivity index (χ0v) is 13.4. The molecule has 2 aromatic rings. The van der Waals surface area contributed by atoms with Crippen molar-refractivity contribution >= 4 is 0 Å². The van der Waals surface area contributed by atoms with Crippen molar-refractivity contribution in [3.63, 3.8) is 0 Å². The summed E-state index contributed by atoms with van der Waals surface area (Å²) in [4.78, 5) is 2.51. The number of morpholine rings is 1. The summed E-state index contributed by atoms with van der Waals surface area (Å²) in [6.45, 7) is 7.27. The van der Waals surface area contributed by atoms with E-state index < -0.39 is 0 Å². The Morgan fingerprint density at radius 1 is 0.955 bits per heavy atom. The third-order valence-corrected chi connectivity index (χ3v) is 4.36. The molecule has 0 unspecified atom stereocenters. The first-order valence-electron chi connectivity index (χ1n) is 8.27. The summed E-state index contributed by atoms with van der Waals surface area (Å²) >= 11 is 0. The first-order valence-corrected chi connectivity index (χ1v) is 8.27. The highest BCUT2D eigenvalue weighted by Crippen LogP contribution is 2.21. The Labute approximate surface area is 133 Å². The zero-order chi connectivity index (χ0) is 15.2. The van der Waals surface area contributed by atoms with Crippen LogP contribution in [-0.2, 0) is 11.2 Å². The van der Waals surface area contributed by atoms with E-state index in [0.717, 1.165) is 32.7 Å². The van der Waals surface area contributed by atoms with E-state index in [9.17, 15) is 0 Å². The molecule has 1 aliphatic heterocycles. The van der Waals surface area contributed by atoms with E-state index in [1.54, 1.807) is 0 Å². The highest BCUT2D eigenvalue weighted by atomic mass is 16.5. The molecular formula is C20H25NO. The number of aryl methyl sites for hydroxylation is 2. The summed E-state index contributed by atoms with van der Waals surface area (Å²) in [5.41, 5.74) is 5.38. The van der Waals surface area contributed by atoms with E-state index >= 15 is 0 Å². The Kier molecular flexibility index (Phi) is 5.25. The van der Waals surface area contributed by atoms with E-state index in [1.807, 2.05) is 0 Å². The van der Waals surface area contributed by atoms with Crippen molar-refractivity contribution in [2.75, 3.05) is 32.8 Å². The third-order valence-electron chi connectivity index (χ3n) is 4.36. The van der Waals surface area contributed by atoms with Gasteiger partial charge in [0.1, 0.15) is 0 Å². The summed E-state index contributed by atoms with van der Waals surface area (Å²) in [6.07, 6.45) is 2.37. The average Bonchev–Trinajstić information content (AvgIpc) is 2.57. The van der Waals surface area contributed by atoms with Gasteiger partial charge in [-0.2, -0.15) is 0 Å². The standard InChI is InChI=1S/C20H25NO/c1-17-7-9-19(10-8-17)20-6-2-4-18(16-20)5-3-11-21-12-14-22-15-13-21/h2,4,6-10,16H,3,5,11-15H2,1H3. The van der Waals surface area contributed by atoms with Crippen molar-refractivity contribution in [2.24, 2.45) is 0 Å². The van der Waals surface area contributed by atoms with Crippen LogP contribution in [0.5, 0.6) is 0 Å². The molecule has 2 heteroatoms. The maximum Gasteiger partial charge on any atom is 0.0594 e. The molecule has 0 aromatic heterocycles. The van der Waals surface area contributed by atoms with Gasteiger partial charge in [0.15, 0.2) is 0 Å². The largest absolute Gasteiger partial charge is 0.379 e. The first kappa shape index (κ1) is 15.3. The van der Waals surface area contributed by atoms with E-state index in [4.69, 9.17) is 4.74 Å². The fourth-order valence-corrected chi connectivity index (χ4v) is 2.98. The van der Waals surface area contributed by atoms with Crippen LogP contribution in [0.2, 0.25) is 0 Å². The van der Waals surface area contributed by atoms with Gasteiger partial charge in [-0.1, -0.05) is 54.1 Å².